The molecule has 0 unspecified atom stereocenters. The standard InChI is InChI=1S/C15H22FN3O2/c1-11(2)8-17-15(21)18-14(20)10-19(3)9-12-6-4-5-7-13(12)16/h4-7,11H,8-10H2,1-3H3,(H2,17,18,20,21). The molecule has 0 spiro atoms. The molecule has 0 radical (unpaired) electrons. The zero-order chi connectivity index (χ0) is 15.8. The van der Waals surface area contributed by atoms with Crippen LogP contribution in [0.4, 0.5) is 9.18 Å². The third kappa shape index (κ3) is 6.85. The fourth-order valence-corrected chi connectivity index (χ4v) is 1.73. The van der Waals surface area contributed by atoms with Gasteiger partial charge in [0.1, 0.15) is 5.82 Å². The van der Waals surface area contributed by atoms with Crippen LogP contribution in [0.5, 0.6) is 0 Å². The van der Waals surface area contributed by atoms with E-state index in [9.17, 15) is 14.0 Å². The second-order valence-electron chi connectivity index (χ2n) is 5.42. The van der Waals surface area contributed by atoms with Gasteiger partial charge in [-0.25, -0.2) is 9.18 Å². The zero-order valence-corrected chi connectivity index (χ0v) is 12.6. The van der Waals surface area contributed by atoms with Gasteiger partial charge >= 0.3 is 6.03 Å². The minimum Gasteiger partial charge on any atom is -0.338 e. The van der Waals surface area contributed by atoms with E-state index < -0.39 is 11.9 Å². The normalized spacial score (nSPS) is 10.8. The Morgan fingerprint density at radius 2 is 1.95 bits per heavy atom. The lowest BCUT2D eigenvalue weighted by Gasteiger charge is -2.16. The third-order valence-corrected chi connectivity index (χ3v) is 2.74. The lowest BCUT2D eigenvalue weighted by Crippen LogP contribution is -2.44. The van der Waals surface area contributed by atoms with E-state index >= 15 is 0 Å². The summed E-state index contributed by atoms with van der Waals surface area (Å²) in [6.45, 7) is 4.75. The minimum atomic E-state index is -0.506. The highest BCUT2D eigenvalue weighted by molar-refractivity contribution is 5.95. The first-order valence-corrected chi connectivity index (χ1v) is 6.88. The molecule has 0 aliphatic rings. The monoisotopic (exact) mass is 295 g/mol. The second kappa shape index (κ2) is 8.36. The number of likely N-dealkylation sites (N-methyl/N-ethyl adjacent to an activating group) is 1. The number of amides is 3. The molecule has 116 valence electrons. The van der Waals surface area contributed by atoms with Crippen molar-refractivity contribution in [2.75, 3.05) is 20.1 Å². The van der Waals surface area contributed by atoms with Gasteiger partial charge in [0.05, 0.1) is 6.54 Å². The number of nitrogens with zero attached hydrogens (tertiary/aromatic N) is 1. The number of benzene rings is 1. The molecule has 1 aromatic rings. The lowest BCUT2D eigenvalue weighted by atomic mass is 10.2. The molecule has 0 saturated heterocycles. The van der Waals surface area contributed by atoms with Crippen LogP contribution in [-0.4, -0.2) is 37.0 Å². The van der Waals surface area contributed by atoms with Crippen molar-refractivity contribution in [1.82, 2.24) is 15.5 Å². The van der Waals surface area contributed by atoms with Crippen LogP contribution >= 0.6 is 0 Å². The van der Waals surface area contributed by atoms with Crippen LogP contribution < -0.4 is 10.6 Å². The predicted octanol–water partition coefficient (Wildman–Crippen LogP) is 1.74. The molecule has 0 aliphatic carbocycles. The van der Waals surface area contributed by atoms with Gasteiger partial charge in [-0.15, -0.1) is 0 Å². The molecule has 3 amide bonds. The Balaban J connectivity index is 2.37. The Morgan fingerprint density at radius 1 is 1.29 bits per heavy atom. The van der Waals surface area contributed by atoms with Crippen LogP contribution in [0.25, 0.3) is 0 Å². The van der Waals surface area contributed by atoms with E-state index in [1.807, 2.05) is 13.8 Å². The first-order valence-electron chi connectivity index (χ1n) is 6.88. The van der Waals surface area contributed by atoms with Crippen LogP contribution in [0.15, 0.2) is 24.3 Å². The molecule has 0 aliphatic heterocycles. The summed E-state index contributed by atoms with van der Waals surface area (Å²) < 4.78 is 13.5. The second-order valence-corrected chi connectivity index (χ2v) is 5.42. The summed E-state index contributed by atoms with van der Waals surface area (Å²) in [6, 6.07) is 5.89. The average molecular weight is 295 g/mol. The van der Waals surface area contributed by atoms with Gasteiger partial charge < -0.3 is 5.32 Å². The van der Waals surface area contributed by atoms with E-state index in [0.717, 1.165) is 0 Å². The topological polar surface area (TPSA) is 61.4 Å². The highest BCUT2D eigenvalue weighted by atomic mass is 19.1. The van der Waals surface area contributed by atoms with Crippen molar-refractivity contribution in [3.63, 3.8) is 0 Å². The van der Waals surface area contributed by atoms with Crippen molar-refractivity contribution in [2.24, 2.45) is 5.92 Å². The van der Waals surface area contributed by atoms with Crippen molar-refractivity contribution in [1.29, 1.82) is 0 Å². The largest absolute Gasteiger partial charge is 0.338 e. The summed E-state index contributed by atoms with van der Waals surface area (Å²) in [4.78, 5) is 24.7. The van der Waals surface area contributed by atoms with Crippen LogP contribution in [0.1, 0.15) is 19.4 Å². The molecule has 2 N–H and O–H groups in total. The van der Waals surface area contributed by atoms with E-state index in [1.165, 1.54) is 6.07 Å². The van der Waals surface area contributed by atoms with Gasteiger partial charge in [-0.2, -0.15) is 0 Å². The lowest BCUT2D eigenvalue weighted by molar-refractivity contribution is -0.121. The SMILES string of the molecule is CC(C)CNC(=O)NC(=O)CN(C)Cc1ccccc1F. The molecule has 0 atom stereocenters. The molecule has 0 saturated carbocycles. The summed E-state index contributed by atoms with van der Waals surface area (Å²) >= 11 is 0. The first kappa shape index (κ1) is 17.1. The molecular weight excluding hydrogens is 273 g/mol. The number of urea groups is 1. The highest BCUT2D eigenvalue weighted by Crippen LogP contribution is 2.08. The summed E-state index contributed by atoms with van der Waals surface area (Å²) in [5.74, 6) is -0.413. The molecule has 1 aromatic carbocycles. The summed E-state index contributed by atoms with van der Waals surface area (Å²) in [5.41, 5.74) is 0.511. The summed E-state index contributed by atoms with van der Waals surface area (Å²) in [6.07, 6.45) is 0. The van der Waals surface area contributed by atoms with E-state index in [1.54, 1.807) is 30.1 Å². The fraction of sp³-hybridized carbons (Fsp3) is 0.467. The van der Waals surface area contributed by atoms with Gasteiger partial charge in [0.2, 0.25) is 5.91 Å². The molecule has 0 fully saturated rings. The van der Waals surface area contributed by atoms with Crippen LogP contribution in [-0.2, 0) is 11.3 Å². The van der Waals surface area contributed by atoms with Gasteiger partial charge in [0, 0.05) is 18.7 Å². The van der Waals surface area contributed by atoms with Crippen LogP contribution in [0, 0.1) is 11.7 Å². The van der Waals surface area contributed by atoms with Crippen LogP contribution in [0.2, 0.25) is 0 Å². The van der Waals surface area contributed by atoms with Gasteiger partial charge in [-0.05, 0) is 19.0 Å². The maximum atomic E-state index is 13.5. The first-order chi connectivity index (χ1) is 9.88. The molecular formula is C15H22FN3O2. The number of nitrogens with one attached hydrogen (secondary N) is 2. The van der Waals surface area contributed by atoms with Crippen molar-refractivity contribution in [3.05, 3.63) is 35.6 Å². The van der Waals surface area contributed by atoms with E-state index in [4.69, 9.17) is 0 Å². The third-order valence-electron chi connectivity index (χ3n) is 2.74. The smallest absolute Gasteiger partial charge is 0.321 e. The molecule has 21 heavy (non-hydrogen) atoms. The Bertz CT molecular complexity index is 492. The number of carbonyl (C=O) groups is 2. The fourth-order valence-electron chi connectivity index (χ4n) is 1.73. The number of carbonyl (C=O) groups excluding carboxylic acids is 2. The zero-order valence-electron chi connectivity index (χ0n) is 12.6. The molecule has 6 heteroatoms. The van der Waals surface area contributed by atoms with Crippen LogP contribution in [0.3, 0.4) is 0 Å². The van der Waals surface area contributed by atoms with Crippen molar-refractivity contribution in [2.45, 2.75) is 20.4 Å². The molecule has 0 bridgehead atoms. The maximum Gasteiger partial charge on any atom is 0.321 e. The van der Waals surface area contributed by atoms with Crippen molar-refractivity contribution >= 4 is 11.9 Å². The minimum absolute atomic E-state index is 0.0173. The number of halogens is 1. The average Bonchev–Trinajstić information content (AvgIpc) is 2.38. The Morgan fingerprint density at radius 3 is 2.57 bits per heavy atom. The summed E-state index contributed by atoms with van der Waals surface area (Å²) in [5, 5.41) is 4.84. The molecule has 5 nitrogen and oxygen atoms in total. The van der Waals surface area contributed by atoms with Gasteiger partial charge in [-0.3, -0.25) is 15.0 Å². The maximum absolute atomic E-state index is 13.5. The van der Waals surface area contributed by atoms with Gasteiger partial charge in [-0.1, -0.05) is 32.0 Å². The van der Waals surface area contributed by atoms with Gasteiger partial charge in [0.15, 0.2) is 0 Å². The molecule has 0 aromatic heterocycles. The Hall–Kier alpha value is -1.95. The van der Waals surface area contributed by atoms with Gasteiger partial charge in [0.25, 0.3) is 0 Å². The number of hydrogen-bond acceptors (Lipinski definition) is 3. The Kier molecular flexibility index (Phi) is 6.81. The van der Waals surface area contributed by atoms with E-state index in [0.29, 0.717) is 24.6 Å². The Labute approximate surface area is 124 Å². The number of hydrogen-bond donors (Lipinski definition) is 2. The van der Waals surface area contributed by atoms with E-state index in [-0.39, 0.29) is 12.4 Å². The molecule has 1 rings (SSSR count). The number of rotatable bonds is 6. The highest BCUT2D eigenvalue weighted by Gasteiger charge is 2.12. The predicted molar refractivity (Wildman–Crippen MR) is 79.1 cm³/mol. The summed E-state index contributed by atoms with van der Waals surface area (Å²) in [7, 11) is 1.69. The van der Waals surface area contributed by atoms with Crippen molar-refractivity contribution < 1.29 is 14.0 Å². The van der Waals surface area contributed by atoms with Crippen molar-refractivity contribution in [3.8, 4) is 0 Å². The number of imide groups is 1. The quantitative estimate of drug-likeness (QED) is 0.840. The molecule has 0 heterocycles. The van der Waals surface area contributed by atoms with E-state index in [2.05, 4.69) is 10.6 Å².